The molecule has 8 nitrogen and oxygen atoms in total. The van der Waals surface area contributed by atoms with E-state index in [-0.39, 0.29) is 5.91 Å². The summed E-state index contributed by atoms with van der Waals surface area (Å²) in [6.45, 7) is 0.773. The van der Waals surface area contributed by atoms with Gasteiger partial charge in [-0.2, -0.15) is 15.2 Å². The number of fused-ring (bicyclic) bond motifs is 1. The Morgan fingerprint density at radius 3 is 2.61 bits per heavy atom. The summed E-state index contributed by atoms with van der Waals surface area (Å²) < 4.78 is 0. The Morgan fingerprint density at radius 1 is 1.10 bits per heavy atom. The zero-order valence-corrected chi connectivity index (χ0v) is 17.3. The first-order valence-corrected chi connectivity index (χ1v) is 10.9. The van der Waals surface area contributed by atoms with Crippen LogP contribution in [0.1, 0.15) is 50.5 Å². The lowest BCUT2D eigenvalue weighted by atomic mass is 9.95. The predicted molar refractivity (Wildman–Crippen MR) is 120 cm³/mol. The van der Waals surface area contributed by atoms with Crippen molar-refractivity contribution in [1.29, 1.82) is 5.26 Å². The predicted octanol–water partition coefficient (Wildman–Crippen LogP) is 4.44. The number of benzene rings is 1. The highest BCUT2D eigenvalue weighted by Crippen LogP contribution is 2.30. The maximum absolute atomic E-state index is 12.0. The van der Waals surface area contributed by atoms with Crippen LogP contribution >= 0.6 is 0 Å². The molecule has 2 aromatic heterocycles. The number of aromatic nitrogens is 3. The molecule has 1 saturated heterocycles. The van der Waals surface area contributed by atoms with Crippen molar-refractivity contribution in [3.8, 4) is 6.07 Å². The number of hydrogen-bond donors (Lipinski definition) is 3. The number of hydrogen-bond acceptors (Lipinski definition) is 6. The summed E-state index contributed by atoms with van der Waals surface area (Å²) in [6.07, 6.45) is 9.11. The molecule has 3 heterocycles. The zero-order valence-electron chi connectivity index (χ0n) is 17.3. The second-order valence-electron chi connectivity index (χ2n) is 8.23. The van der Waals surface area contributed by atoms with E-state index in [1.165, 1.54) is 19.3 Å². The van der Waals surface area contributed by atoms with Gasteiger partial charge in [0, 0.05) is 36.6 Å². The fourth-order valence-corrected chi connectivity index (χ4v) is 4.50. The van der Waals surface area contributed by atoms with Crippen molar-refractivity contribution in [2.75, 3.05) is 22.1 Å². The van der Waals surface area contributed by atoms with Crippen molar-refractivity contribution < 1.29 is 4.79 Å². The van der Waals surface area contributed by atoms with Crippen LogP contribution in [0.3, 0.4) is 0 Å². The van der Waals surface area contributed by atoms with Crippen molar-refractivity contribution in [3.05, 3.63) is 36.0 Å². The lowest BCUT2D eigenvalue weighted by molar-refractivity contribution is -0.117. The van der Waals surface area contributed by atoms with E-state index in [1.54, 1.807) is 6.20 Å². The van der Waals surface area contributed by atoms with Crippen LogP contribution in [0.15, 0.2) is 30.5 Å². The van der Waals surface area contributed by atoms with Gasteiger partial charge < -0.3 is 20.5 Å². The quantitative estimate of drug-likeness (QED) is 0.568. The number of carbonyl (C=O) groups is 1. The monoisotopic (exact) mass is 415 g/mol. The molecule has 0 unspecified atom stereocenters. The highest BCUT2D eigenvalue weighted by atomic mass is 16.2. The Kier molecular flexibility index (Phi) is 5.16. The Hall–Kier alpha value is -3.60. The fourth-order valence-electron chi connectivity index (χ4n) is 4.50. The van der Waals surface area contributed by atoms with Crippen LogP contribution in [0.4, 0.5) is 23.1 Å². The lowest BCUT2D eigenvalue weighted by Gasteiger charge is -2.24. The summed E-state index contributed by atoms with van der Waals surface area (Å²) in [5.41, 5.74) is 2.92. The molecule has 1 aliphatic carbocycles. The number of nitriles is 1. The van der Waals surface area contributed by atoms with E-state index in [0.717, 1.165) is 42.6 Å². The highest BCUT2D eigenvalue weighted by Gasteiger charge is 2.22. The molecule has 0 bridgehead atoms. The van der Waals surface area contributed by atoms with Crippen LogP contribution in [0.25, 0.3) is 11.0 Å². The van der Waals surface area contributed by atoms with Crippen molar-refractivity contribution in [2.24, 2.45) is 0 Å². The molecule has 1 aromatic carbocycles. The number of amides is 1. The number of H-pyrrole nitrogens is 1. The first-order valence-electron chi connectivity index (χ1n) is 10.9. The molecule has 158 valence electrons. The molecular formula is C23H25N7O. The minimum absolute atomic E-state index is 0.174. The summed E-state index contributed by atoms with van der Waals surface area (Å²) >= 11 is 0. The van der Waals surface area contributed by atoms with Gasteiger partial charge in [0.1, 0.15) is 17.5 Å². The van der Waals surface area contributed by atoms with E-state index in [4.69, 9.17) is 4.98 Å². The normalized spacial score (nSPS) is 17.1. The average molecular weight is 416 g/mol. The van der Waals surface area contributed by atoms with E-state index >= 15 is 0 Å². The van der Waals surface area contributed by atoms with Crippen LogP contribution in [0.2, 0.25) is 0 Å². The molecule has 31 heavy (non-hydrogen) atoms. The zero-order chi connectivity index (χ0) is 21.2. The van der Waals surface area contributed by atoms with Crippen molar-refractivity contribution in [3.63, 3.8) is 0 Å². The highest BCUT2D eigenvalue weighted by molar-refractivity contribution is 5.95. The largest absolute Gasteiger partial charge is 0.367 e. The number of carbonyl (C=O) groups excluding carboxylic acids is 1. The van der Waals surface area contributed by atoms with Crippen LogP contribution < -0.4 is 15.5 Å². The number of rotatable bonds is 5. The molecule has 1 aliphatic heterocycles. The molecule has 1 saturated carbocycles. The molecular weight excluding hydrogens is 390 g/mol. The van der Waals surface area contributed by atoms with E-state index < -0.39 is 0 Å². The average Bonchev–Trinajstić information content (AvgIpc) is 3.41. The molecule has 3 N–H and O–H groups in total. The molecule has 0 spiro atoms. The molecule has 0 atom stereocenters. The Balaban J connectivity index is 1.41. The van der Waals surface area contributed by atoms with Crippen LogP contribution in [0.5, 0.6) is 0 Å². The molecule has 2 aliphatic rings. The summed E-state index contributed by atoms with van der Waals surface area (Å²) in [7, 11) is 0. The lowest BCUT2D eigenvalue weighted by Crippen LogP contribution is -2.23. The maximum Gasteiger partial charge on any atom is 0.231 e. The Bertz CT molecular complexity index is 1140. The van der Waals surface area contributed by atoms with Gasteiger partial charge in [0.15, 0.2) is 0 Å². The summed E-state index contributed by atoms with van der Waals surface area (Å²) in [5, 5.41) is 17.1. The summed E-state index contributed by atoms with van der Waals surface area (Å²) in [4.78, 5) is 26.2. The second kappa shape index (κ2) is 8.26. The number of anilines is 4. The molecule has 1 amide bonds. The Morgan fingerprint density at radius 2 is 1.90 bits per heavy atom. The molecule has 0 radical (unpaired) electrons. The third-order valence-electron chi connectivity index (χ3n) is 6.11. The molecule has 5 rings (SSSR count). The fraction of sp³-hybridized carbons (Fsp3) is 0.391. The number of nitrogens with one attached hydrogen (secondary N) is 3. The minimum Gasteiger partial charge on any atom is -0.367 e. The first kappa shape index (κ1) is 19.4. The third kappa shape index (κ3) is 3.91. The van der Waals surface area contributed by atoms with E-state index in [1.807, 2.05) is 29.2 Å². The van der Waals surface area contributed by atoms with Crippen LogP contribution in [-0.2, 0) is 4.79 Å². The van der Waals surface area contributed by atoms with Gasteiger partial charge in [-0.3, -0.25) is 4.79 Å². The summed E-state index contributed by atoms with van der Waals surface area (Å²) in [5.74, 6) is 1.33. The van der Waals surface area contributed by atoms with E-state index in [2.05, 4.69) is 26.7 Å². The SMILES string of the molecule is N#Cc1c[nH]c2nc(Nc3ccc(N4CCCC4=O)cc3)nc(NC3CCCCC3)c12. The minimum atomic E-state index is 0.174. The molecule has 2 fully saturated rings. The standard InChI is InChI=1S/C23H25N7O/c24-13-15-14-25-21-20(15)22(26-16-5-2-1-3-6-16)29-23(28-21)27-17-8-10-18(11-9-17)30-12-4-7-19(30)31/h8-11,14,16H,1-7,12H2,(H3,25,26,27,28,29). The van der Waals surface area contributed by atoms with E-state index in [9.17, 15) is 10.1 Å². The van der Waals surface area contributed by atoms with E-state index in [0.29, 0.717) is 35.4 Å². The van der Waals surface area contributed by atoms with Gasteiger partial charge in [-0.25, -0.2) is 0 Å². The number of nitrogens with zero attached hydrogens (tertiary/aromatic N) is 4. The molecule has 8 heteroatoms. The van der Waals surface area contributed by atoms with Crippen molar-refractivity contribution in [1.82, 2.24) is 15.0 Å². The van der Waals surface area contributed by atoms with Crippen molar-refractivity contribution >= 4 is 40.1 Å². The van der Waals surface area contributed by atoms with Gasteiger partial charge in [0.2, 0.25) is 11.9 Å². The first-order chi connectivity index (χ1) is 15.2. The van der Waals surface area contributed by atoms with Gasteiger partial charge >= 0.3 is 0 Å². The second-order valence-corrected chi connectivity index (χ2v) is 8.23. The number of aromatic amines is 1. The van der Waals surface area contributed by atoms with Gasteiger partial charge in [-0.05, 0) is 43.5 Å². The van der Waals surface area contributed by atoms with Crippen molar-refractivity contribution in [2.45, 2.75) is 51.0 Å². The van der Waals surface area contributed by atoms with Gasteiger partial charge in [0.05, 0.1) is 10.9 Å². The van der Waals surface area contributed by atoms with Gasteiger partial charge in [0.25, 0.3) is 0 Å². The van der Waals surface area contributed by atoms with Crippen LogP contribution in [-0.4, -0.2) is 33.4 Å². The Labute approximate surface area is 180 Å². The molecule has 3 aromatic rings. The summed E-state index contributed by atoms with van der Waals surface area (Å²) in [6, 6.07) is 10.3. The smallest absolute Gasteiger partial charge is 0.231 e. The van der Waals surface area contributed by atoms with Gasteiger partial charge in [-0.15, -0.1) is 0 Å². The maximum atomic E-state index is 12.0. The van der Waals surface area contributed by atoms with Gasteiger partial charge in [-0.1, -0.05) is 19.3 Å². The van der Waals surface area contributed by atoms with Crippen LogP contribution in [0, 0.1) is 11.3 Å². The third-order valence-corrected chi connectivity index (χ3v) is 6.11. The topological polar surface area (TPSA) is 110 Å².